The smallest absolute Gasteiger partial charge is 0.407 e. The molecule has 86 valence electrons. The van der Waals surface area contributed by atoms with Crippen LogP contribution in [0, 0.1) is 0 Å². The number of rotatable bonds is 1. The second kappa shape index (κ2) is 4.37. The molecule has 0 bridgehead atoms. The fraction of sp³-hybridized carbons (Fsp3) is 0.900. The Labute approximate surface area is 89.5 Å². The Kier molecular flexibility index (Phi) is 3.11. The molecule has 2 aliphatic heterocycles. The van der Waals surface area contributed by atoms with Crippen molar-refractivity contribution in [2.45, 2.75) is 30.9 Å². The number of carbonyl (C=O) groups is 1. The monoisotopic (exact) mass is 214 g/mol. The molecule has 15 heavy (non-hydrogen) atoms. The van der Waals surface area contributed by atoms with Gasteiger partial charge >= 0.3 is 6.09 Å². The van der Waals surface area contributed by atoms with E-state index in [1.54, 1.807) is 0 Å². The number of hydrogen-bond donors (Lipinski definition) is 2. The zero-order chi connectivity index (χ0) is 10.7. The molecule has 1 spiro atoms. The van der Waals surface area contributed by atoms with Gasteiger partial charge in [0.2, 0.25) is 0 Å². The van der Waals surface area contributed by atoms with Crippen molar-refractivity contribution in [2.75, 3.05) is 26.8 Å². The highest BCUT2D eigenvalue weighted by Gasteiger charge is 2.41. The first-order valence-corrected chi connectivity index (χ1v) is 5.43. The zero-order valence-electron chi connectivity index (χ0n) is 9.04. The largest absolute Gasteiger partial charge is 0.453 e. The fourth-order valence-corrected chi connectivity index (χ4v) is 2.39. The zero-order valence-corrected chi connectivity index (χ0v) is 9.04. The molecule has 2 saturated heterocycles. The molecule has 0 aromatic carbocycles. The van der Waals surface area contributed by atoms with Gasteiger partial charge in [-0.2, -0.15) is 0 Å². The summed E-state index contributed by atoms with van der Waals surface area (Å²) in [4.78, 5) is 11.0. The maximum absolute atomic E-state index is 11.0. The summed E-state index contributed by atoms with van der Waals surface area (Å²) in [5.74, 6) is 0. The van der Waals surface area contributed by atoms with Crippen molar-refractivity contribution in [2.24, 2.45) is 0 Å². The van der Waals surface area contributed by atoms with Crippen LogP contribution in [-0.2, 0) is 9.47 Å². The summed E-state index contributed by atoms with van der Waals surface area (Å²) in [6.07, 6.45) is 2.61. The average Bonchev–Trinajstić information content (AvgIpc) is 2.62. The highest BCUT2D eigenvalue weighted by molar-refractivity contribution is 5.67. The average molecular weight is 214 g/mol. The first kappa shape index (κ1) is 10.7. The first-order chi connectivity index (χ1) is 7.24. The van der Waals surface area contributed by atoms with Gasteiger partial charge in [-0.1, -0.05) is 0 Å². The Morgan fingerprint density at radius 1 is 1.53 bits per heavy atom. The standard InChI is InChI=1S/C10H18N2O3/c1-14-9(13)12-8-6-10(15-7-8)2-4-11-5-3-10/h8,11H,2-7H2,1H3,(H,12,13)/t8-/m1/s1. The quantitative estimate of drug-likeness (QED) is 0.657. The van der Waals surface area contributed by atoms with Crippen molar-refractivity contribution in [3.05, 3.63) is 0 Å². The van der Waals surface area contributed by atoms with Gasteiger partial charge in [0.05, 0.1) is 25.4 Å². The van der Waals surface area contributed by atoms with Crippen LogP contribution < -0.4 is 10.6 Å². The van der Waals surface area contributed by atoms with E-state index in [-0.39, 0.29) is 17.7 Å². The molecule has 5 heteroatoms. The minimum absolute atomic E-state index is 0.00304. The van der Waals surface area contributed by atoms with Crippen LogP contribution in [0.3, 0.4) is 0 Å². The highest BCUT2D eigenvalue weighted by Crippen LogP contribution is 2.33. The minimum atomic E-state index is -0.366. The predicted octanol–water partition coefficient (Wildman–Crippen LogP) is 0.253. The van der Waals surface area contributed by atoms with E-state index in [1.165, 1.54) is 7.11 Å². The lowest BCUT2D eigenvalue weighted by Gasteiger charge is -2.32. The van der Waals surface area contributed by atoms with Crippen molar-refractivity contribution in [3.8, 4) is 0 Å². The molecule has 0 unspecified atom stereocenters. The molecule has 0 radical (unpaired) electrons. The molecule has 1 amide bonds. The van der Waals surface area contributed by atoms with E-state index in [2.05, 4.69) is 15.4 Å². The Bertz CT molecular complexity index is 239. The van der Waals surface area contributed by atoms with Gasteiger partial charge in [-0.3, -0.25) is 0 Å². The van der Waals surface area contributed by atoms with Gasteiger partial charge in [0, 0.05) is 0 Å². The summed E-state index contributed by atoms with van der Waals surface area (Å²) in [5, 5.41) is 6.10. The van der Waals surface area contributed by atoms with Gasteiger partial charge in [-0.25, -0.2) is 4.79 Å². The van der Waals surface area contributed by atoms with E-state index in [0.29, 0.717) is 6.61 Å². The molecule has 0 aromatic rings. The molecule has 0 aliphatic carbocycles. The van der Waals surface area contributed by atoms with Gasteiger partial charge in [-0.15, -0.1) is 0 Å². The van der Waals surface area contributed by atoms with Crippen LogP contribution in [0.4, 0.5) is 4.79 Å². The van der Waals surface area contributed by atoms with Gasteiger partial charge in [0.15, 0.2) is 0 Å². The van der Waals surface area contributed by atoms with Crippen LogP contribution in [-0.4, -0.2) is 44.5 Å². The number of amides is 1. The third kappa shape index (κ3) is 2.41. The lowest BCUT2D eigenvalue weighted by molar-refractivity contribution is -0.0194. The number of alkyl carbamates (subject to hydrolysis) is 1. The summed E-state index contributed by atoms with van der Waals surface area (Å²) < 4.78 is 10.4. The van der Waals surface area contributed by atoms with Gasteiger partial charge < -0.3 is 20.1 Å². The van der Waals surface area contributed by atoms with E-state index < -0.39 is 0 Å². The maximum Gasteiger partial charge on any atom is 0.407 e. The molecular weight excluding hydrogens is 196 g/mol. The number of methoxy groups -OCH3 is 1. The summed E-state index contributed by atoms with van der Waals surface area (Å²) in [6, 6.07) is 0.107. The molecule has 5 nitrogen and oxygen atoms in total. The lowest BCUT2D eigenvalue weighted by Crippen LogP contribution is -2.42. The van der Waals surface area contributed by atoms with Gasteiger partial charge in [0.1, 0.15) is 0 Å². The van der Waals surface area contributed by atoms with Crippen molar-refractivity contribution >= 4 is 6.09 Å². The number of piperidine rings is 1. The predicted molar refractivity (Wildman–Crippen MR) is 54.7 cm³/mol. The Morgan fingerprint density at radius 2 is 2.27 bits per heavy atom. The fourth-order valence-electron chi connectivity index (χ4n) is 2.39. The number of ether oxygens (including phenoxy) is 2. The van der Waals surface area contributed by atoms with Crippen LogP contribution in [0.1, 0.15) is 19.3 Å². The van der Waals surface area contributed by atoms with Crippen molar-refractivity contribution in [1.82, 2.24) is 10.6 Å². The number of carbonyl (C=O) groups excluding carboxylic acids is 1. The third-order valence-corrected chi connectivity index (χ3v) is 3.23. The Hall–Kier alpha value is -0.810. The molecule has 1 atom stereocenters. The topological polar surface area (TPSA) is 59.6 Å². The van der Waals surface area contributed by atoms with E-state index in [4.69, 9.17) is 4.74 Å². The summed E-state index contributed by atoms with van der Waals surface area (Å²) in [7, 11) is 1.38. The summed E-state index contributed by atoms with van der Waals surface area (Å²) in [5.41, 5.74) is -0.00304. The molecule has 2 heterocycles. The maximum atomic E-state index is 11.0. The Balaban J connectivity index is 1.85. The van der Waals surface area contributed by atoms with Gasteiger partial charge in [-0.05, 0) is 32.4 Å². The first-order valence-electron chi connectivity index (χ1n) is 5.43. The van der Waals surface area contributed by atoms with E-state index in [0.717, 1.165) is 32.4 Å². The molecule has 0 aromatic heterocycles. The summed E-state index contributed by atoms with van der Waals surface area (Å²) in [6.45, 7) is 2.62. The van der Waals surface area contributed by atoms with Crippen molar-refractivity contribution in [3.63, 3.8) is 0 Å². The Morgan fingerprint density at radius 3 is 2.93 bits per heavy atom. The molecule has 2 aliphatic rings. The van der Waals surface area contributed by atoms with Crippen molar-refractivity contribution < 1.29 is 14.3 Å². The van der Waals surface area contributed by atoms with Crippen LogP contribution in [0.2, 0.25) is 0 Å². The van der Waals surface area contributed by atoms with Crippen LogP contribution >= 0.6 is 0 Å². The van der Waals surface area contributed by atoms with E-state index in [9.17, 15) is 4.79 Å². The van der Waals surface area contributed by atoms with Crippen LogP contribution in [0.5, 0.6) is 0 Å². The van der Waals surface area contributed by atoms with Crippen LogP contribution in [0.15, 0.2) is 0 Å². The highest BCUT2D eigenvalue weighted by atomic mass is 16.5. The van der Waals surface area contributed by atoms with Crippen molar-refractivity contribution in [1.29, 1.82) is 0 Å². The normalized spacial score (nSPS) is 29.0. The summed E-state index contributed by atoms with van der Waals surface area (Å²) >= 11 is 0. The third-order valence-electron chi connectivity index (χ3n) is 3.23. The molecule has 2 N–H and O–H groups in total. The SMILES string of the molecule is COC(=O)N[C@H]1COC2(CCNCC2)C1. The number of nitrogens with one attached hydrogen (secondary N) is 2. The van der Waals surface area contributed by atoms with Crippen LogP contribution in [0.25, 0.3) is 0 Å². The molecule has 2 rings (SSSR count). The molecular formula is C10H18N2O3. The second-order valence-electron chi connectivity index (χ2n) is 4.28. The van der Waals surface area contributed by atoms with Gasteiger partial charge in [0.25, 0.3) is 0 Å². The van der Waals surface area contributed by atoms with E-state index >= 15 is 0 Å². The second-order valence-corrected chi connectivity index (χ2v) is 4.28. The lowest BCUT2D eigenvalue weighted by atomic mass is 9.88. The molecule has 0 saturated carbocycles. The molecule has 2 fully saturated rings. The number of hydrogen-bond acceptors (Lipinski definition) is 4. The minimum Gasteiger partial charge on any atom is -0.453 e. The van der Waals surface area contributed by atoms with E-state index in [1.807, 2.05) is 0 Å².